The zero-order valence-corrected chi connectivity index (χ0v) is 9.03. The Hall–Kier alpha value is -1.42. The molecule has 0 spiro atoms. The number of aromatic nitrogens is 1. The standard InChI is InChI=1S/C12H14F2N2/c1-16-7-9(10(15)6-12(13)14)8-4-2-3-5-11(8)16/h2-5,7,10,12H,6,15H2,1H3/t10-/m0/s1. The number of nitrogens with two attached hydrogens (primary N) is 1. The first-order chi connectivity index (χ1) is 7.59. The molecule has 1 aromatic carbocycles. The van der Waals surface area contributed by atoms with Crippen LogP contribution < -0.4 is 5.73 Å². The van der Waals surface area contributed by atoms with Crippen molar-refractivity contribution in [3.63, 3.8) is 0 Å². The third kappa shape index (κ3) is 1.93. The summed E-state index contributed by atoms with van der Waals surface area (Å²) in [4.78, 5) is 0. The fourth-order valence-corrected chi connectivity index (χ4v) is 1.99. The summed E-state index contributed by atoms with van der Waals surface area (Å²) in [6.07, 6.45) is -0.833. The smallest absolute Gasteiger partial charge is 0.240 e. The molecule has 86 valence electrons. The highest BCUT2D eigenvalue weighted by molar-refractivity contribution is 5.84. The third-order valence-electron chi connectivity index (χ3n) is 2.76. The van der Waals surface area contributed by atoms with Gasteiger partial charge in [0.1, 0.15) is 0 Å². The Balaban J connectivity index is 2.44. The molecule has 0 saturated carbocycles. The van der Waals surface area contributed by atoms with Crippen LogP contribution in [0, 0.1) is 0 Å². The molecular weight excluding hydrogens is 210 g/mol. The molecule has 0 saturated heterocycles. The summed E-state index contributed by atoms with van der Waals surface area (Å²) in [5.74, 6) is 0. The summed E-state index contributed by atoms with van der Waals surface area (Å²) in [6, 6.07) is 7.07. The van der Waals surface area contributed by atoms with E-state index in [9.17, 15) is 8.78 Å². The van der Waals surface area contributed by atoms with E-state index in [0.717, 1.165) is 16.5 Å². The summed E-state index contributed by atoms with van der Waals surface area (Å²) in [6.45, 7) is 0. The summed E-state index contributed by atoms with van der Waals surface area (Å²) >= 11 is 0. The molecule has 0 bridgehead atoms. The Labute approximate surface area is 92.7 Å². The van der Waals surface area contributed by atoms with Crippen LogP contribution in [0.25, 0.3) is 10.9 Å². The van der Waals surface area contributed by atoms with Gasteiger partial charge in [-0.15, -0.1) is 0 Å². The van der Waals surface area contributed by atoms with Crippen LogP contribution in [0.5, 0.6) is 0 Å². The van der Waals surface area contributed by atoms with Crippen molar-refractivity contribution in [2.45, 2.75) is 18.9 Å². The lowest BCUT2D eigenvalue weighted by Crippen LogP contribution is -2.13. The van der Waals surface area contributed by atoms with Gasteiger partial charge < -0.3 is 10.3 Å². The quantitative estimate of drug-likeness (QED) is 0.853. The minimum atomic E-state index is -2.37. The first-order valence-corrected chi connectivity index (χ1v) is 5.17. The highest BCUT2D eigenvalue weighted by Gasteiger charge is 2.17. The van der Waals surface area contributed by atoms with Crippen molar-refractivity contribution < 1.29 is 8.78 Å². The lowest BCUT2D eigenvalue weighted by Gasteiger charge is -2.09. The molecule has 2 nitrogen and oxygen atoms in total. The van der Waals surface area contributed by atoms with Crippen molar-refractivity contribution in [1.82, 2.24) is 4.57 Å². The number of hydrogen-bond acceptors (Lipinski definition) is 1. The highest BCUT2D eigenvalue weighted by Crippen LogP contribution is 2.27. The van der Waals surface area contributed by atoms with Crippen molar-refractivity contribution >= 4 is 10.9 Å². The van der Waals surface area contributed by atoms with Crippen LogP contribution in [-0.2, 0) is 7.05 Å². The maximum Gasteiger partial charge on any atom is 0.240 e. The molecule has 4 heteroatoms. The van der Waals surface area contributed by atoms with E-state index in [-0.39, 0.29) is 6.42 Å². The van der Waals surface area contributed by atoms with Gasteiger partial charge >= 0.3 is 0 Å². The number of rotatable bonds is 3. The number of para-hydroxylation sites is 1. The Morgan fingerprint density at radius 3 is 2.69 bits per heavy atom. The second-order valence-electron chi connectivity index (χ2n) is 3.95. The van der Waals surface area contributed by atoms with Gasteiger partial charge in [-0.1, -0.05) is 18.2 Å². The number of fused-ring (bicyclic) bond motifs is 1. The number of alkyl halides is 2. The molecule has 1 atom stereocenters. The Bertz CT molecular complexity index is 491. The average molecular weight is 224 g/mol. The summed E-state index contributed by atoms with van der Waals surface area (Å²) in [5.41, 5.74) is 7.59. The number of hydrogen-bond donors (Lipinski definition) is 1. The largest absolute Gasteiger partial charge is 0.350 e. The second kappa shape index (κ2) is 4.22. The third-order valence-corrected chi connectivity index (χ3v) is 2.76. The first-order valence-electron chi connectivity index (χ1n) is 5.17. The van der Waals surface area contributed by atoms with E-state index in [4.69, 9.17) is 5.73 Å². The van der Waals surface area contributed by atoms with Crippen LogP contribution in [0.2, 0.25) is 0 Å². The van der Waals surface area contributed by atoms with Crippen LogP contribution in [-0.4, -0.2) is 11.0 Å². The van der Waals surface area contributed by atoms with Gasteiger partial charge in [0.25, 0.3) is 0 Å². The topological polar surface area (TPSA) is 30.9 Å². The summed E-state index contributed by atoms with van der Waals surface area (Å²) in [7, 11) is 1.89. The van der Waals surface area contributed by atoms with Gasteiger partial charge in [0.05, 0.1) is 0 Å². The number of nitrogens with zero attached hydrogens (tertiary/aromatic N) is 1. The molecule has 0 aliphatic rings. The monoisotopic (exact) mass is 224 g/mol. The highest BCUT2D eigenvalue weighted by atomic mass is 19.3. The van der Waals surface area contributed by atoms with E-state index in [1.807, 2.05) is 42.1 Å². The molecule has 1 heterocycles. The van der Waals surface area contributed by atoms with Crippen LogP contribution in [0.4, 0.5) is 8.78 Å². The van der Waals surface area contributed by atoms with E-state index in [2.05, 4.69) is 0 Å². The molecule has 1 aromatic heterocycles. The Morgan fingerprint density at radius 2 is 2.00 bits per heavy atom. The zero-order valence-electron chi connectivity index (χ0n) is 9.03. The van der Waals surface area contributed by atoms with E-state index >= 15 is 0 Å². The minimum Gasteiger partial charge on any atom is -0.350 e. The minimum absolute atomic E-state index is 0.298. The zero-order chi connectivity index (χ0) is 11.7. The number of benzene rings is 1. The van der Waals surface area contributed by atoms with E-state index in [0.29, 0.717) is 0 Å². The van der Waals surface area contributed by atoms with E-state index in [1.54, 1.807) is 0 Å². The first kappa shape index (κ1) is 11.1. The van der Waals surface area contributed by atoms with Crippen LogP contribution in [0.3, 0.4) is 0 Å². The SMILES string of the molecule is Cn1cc([C@@H](N)CC(F)F)c2ccccc21. The maximum atomic E-state index is 12.3. The van der Waals surface area contributed by atoms with Gasteiger partial charge in [-0.3, -0.25) is 0 Å². The molecule has 0 unspecified atom stereocenters. The number of aryl methyl sites for hydroxylation is 1. The van der Waals surface area contributed by atoms with Crippen molar-refractivity contribution in [2.75, 3.05) is 0 Å². The predicted molar refractivity (Wildman–Crippen MR) is 60.5 cm³/mol. The predicted octanol–water partition coefficient (Wildman–Crippen LogP) is 2.83. The number of halogens is 2. The molecule has 0 radical (unpaired) electrons. The van der Waals surface area contributed by atoms with Gasteiger partial charge in [-0.2, -0.15) is 0 Å². The van der Waals surface area contributed by atoms with Gasteiger partial charge in [0.2, 0.25) is 6.43 Å². The molecule has 0 fully saturated rings. The molecule has 2 aromatic rings. The van der Waals surface area contributed by atoms with E-state index in [1.165, 1.54) is 0 Å². The molecular formula is C12H14F2N2. The van der Waals surface area contributed by atoms with Gasteiger partial charge in [0, 0.05) is 36.6 Å². The van der Waals surface area contributed by atoms with Gasteiger partial charge in [-0.25, -0.2) is 8.78 Å². The Kier molecular flexibility index (Phi) is 2.92. The Morgan fingerprint density at radius 1 is 1.31 bits per heavy atom. The summed E-state index contributed by atoms with van der Waals surface area (Å²) in [5, 5.41) is 0.957. The fraction of sp³-hybridized carbons (Fsp3) is 0.333. The average Bonchev–Trinajstić information content (AvgIpc) is 2.56. The van der Waals surface area contributed by atoms with Crippen molar-refractivity contribution in [3.05, 3.63) is 36.0 Å². The van der Waals surface area contributed by atoms with Crippen molar-refractivity contribution in [1.29, 1.82) is 0 Å². The molecule has 2 N–H and O–H groups in total. The van der Waals surface area contributed by atoms with Gasteiger partial charge in [-0.05, 0) is 11.6 Å². The van der Waals surface area contributed by atoms with Crippen LogP contribution in [0.1, 0.15) is 18.0 Å². The lowest BCUT2D eigenvalue weighted by molar-refractivity contribution is 0.128. The van der Waals surface area contributed by atoms with Crippen molar-refractivity contribution in [2.24, 2.45) is 12.8 Å². The molecule has 16 heavy (non-hydrogen) atoms. The lowest BCUT2D eigenvalue weighted by atomic mass is 10.0. The molecule has 2 rings (SSSR count). The molecule has 0 amide bonds. The van der Waals surface area contributed by atoms with E-state index < -0.39 is 12.5 Å². The van der Waals surface area contributed by atoms with Crippen LogP contribution in [0.15, 0.2) is 30.5 Å². The fourth-order valence-electron chi connectivity index (χ4n) is 1.99. The maximum absolute atomic E-state index is 12.3. The van der Waals surface area contributed by atoms with Crippen LogP contribution >= 0.6 is 0 Å². The summed E-state index contributed by atoms with van der Waals surface area (Å²) < 4.78 is 26.5. The molecule has 0 aliphatic carbocycles. The van der Waals surface area contributed by atoms with Crippen molar-refractivity contribution in [3.8, 4) is 0 Å². The van der Waals surface area contributed by atoms with Gasteiger partial charge in [0.15, 0.2) is 0 Å². The normalized spacial score (nSPS) is 13.6. The second-order valence-corrected chi connectivity index (χ2v) is 3.95. The molecule has 0 aliphatic heterocycles.